The van der Waals surface area contributed by atoms with Crippen LogP contribution in [0.1, 0.15) is 6.92 Å². The van der Waals surface area contributed by atoms with E-state index in [1.165, 1.54) is 17.8 Å². The third-order valence-corrected chi connectivity index (χ3v) is 4.47. The molecule has 2 N–H and O–H groups in total. The molecule has 2 aromatic carbocycles. The summed E-state index contributed by atoms with van der Waals surface area (Å²) in [7, 11) is 0. The van der Waals surface area contributed by atoms with Crippen LogP contribution in [0, 0.1) is 0 Å². The van der Waals surface area contributed by atoms with E-state index in [2.05, 4.69) is 15.3 Å². The van der Waals surface area contributed by atoms with Crippen LogP contribution in [0.4, 0.5) is 5.69 Å². The zero-order valence-corrected chi connectivity index (χ0v) is 14.4. The second kappa shape index (κ2) is 7.81. The molecule has 1 unspecified atom stereocenters. The Bertz CT molecular complexity index is 911. The van der Waals surface area contributed by atoms with E-state index in [0.29, 0.717) is 10.9 Å². The van der Waals surface area contributed by atoms with Crippen LogP contribution in [-0.2, 0) is 4.79 Å². The van der Waals surface area contributed by atoms with Crippen molar-refractivity contribution < 1.29 is 4.79 Å². The summed E-state index contributed by atoms with van der Waals surface area (Å²) >= 11 is 1.22. The minimum Gasteiger partial charge on any atom is -0.325 e. The summed E-state index contributed by atoms with van der Waals surface area (Å²) in [6.45, 7) is 1.78. The molecular formula is C19H17N3O2S. The number of carbonyl (C=O) groups excluding carboxylic acids is 1. The Morgan fingerprint density at radius 3 is 2.40 bits per heavy atom. The molecule has 3 rings (SSSR count). The van der Waals surface area contributed by atoms with Gasteiger partial charge in [-0.15, -0.1) is 0 Å². The van der Waals surface area contributed by atoms with Crippen LogP contribution in [0.3, 0.4) is 0 Å². The maximum atomic E-state index is 12.3. The van der Waals surface area contributed by atoms with E-state index in [0.717, 1.165) is 11.3 Å². The fraction of sp³-hybridized carbons (Fsp3) is 0.105. The van der Waals surface area contributed by atoms with Crippen LogP contribution in [0.5, 0.6) is 0 Å². The number of anilines is 1. The molecule has 1 atom stereocenters. The van der Waals surface area contributed by atoms with E-state index < -0.39 is 5.25 Å². The molecule has 0 aliphatic carbocycles. The lowest BCUT2D eigenvalue weighted by molar-refractivity contribution is -0.115. The van der Waals surface area contributed by atoms with E-state index in [4.69, 9.17) is 0 Å². The zero-order chi connectivity index (χ0) is 17.6. The second-order valence-electron chi connectivity index (χ2n) is 5.42. The number of amides is 1. The van der Waals surface area contributed by atoms with Crippen molar-refractivity contribution >= 4 is 23.4 Å². The highest BCUT2D eigenvalue weighted by Gasteiger charge is 2.16. The van der Waals surface area contributed by atoms with Gasteiger partial charge in [0, 0.05) is 17.3 Å². The number of aromatic nitrogens is 2. The van der Waals surface area contributed by atoms with Gasteiger partial charge in [-0.1, -0.05) is 60.3 Å². The third kappa shape index (κ3) is 4.58. The molecule has 0 radical (unpaired) electrons. The number of nitrogens with one attached hydrogen (secondary N) is 2. The van der Waals surface area contributed by atoms with Crippen LogP contribution in [0.15, 0.2) is 76.7 Å². The van der Waals surface area contributed by atoms with Crippen molar-refractivity contribution in [1.29, 1.82) is 0 Å². The number of hydrogen-bond donors (Lipinski definition) is 2. The summed E-state index contributed by atoms with van der Waals surface area (Å²) in [5, 5.41) is 2.85. The minimum atomic E-state index is -0.408. The fourth-order valence-corrected chi connectivity index (χ4v) is 3.05. The van der Waals surface area contributed by atoms with Gasteiger partial charge in [0.15, 0.2) is 5.16 Å². The molecule has 5 nitrogen and oxygen atoms in total. The van der Waals surface area contributed by atoms with Crippen molar-refractivity contribution in [2.45, 2.75) is 17.3 Å². The van der Waals surface area contributed by atoms with Gasteiger partial charge >= 0.3 is 0 Å². The largest absolute Gasteiger partial charge is 0.325 e. The molecule has 1 aromatic heterocycles. The van der Waals surface area contributed by atoms with Crippen LogP contribution in [0.25, 0.3) is 11.3 Å². The number of benzene rings is 2. The summed E-state index contributed by atoms with van der Waals surface area (Å²) < 4.78 is 0. The van der Waals surface area contributed by atoms with Gasteiger partial charge in [-0.2, -0.15) is 0 Å². The first-order chi connectivity index (χ1) is 12.1. The van der Waals surface area contributed by atoms with Gasteiger partial charge in [0.1, 0.15) is 0 Å². The van der Waals surface area contributed by atoms with Gasteiger partial charge in [-0.3, -0.25) is 9.59 Å². The summed E-state index contributed by atoms with van der Waals surface area (Å²) in [6, 6.07) is 20.2. The molecule has 0 aliphatic heterocycles. The number of rotatable bonds is 5. The predicted octanol–water partition coefficient (Wildman–Crippen LogP) is 3.56. The van der Waals surface area contributed by atoms with Crippen LogP contribution in [0.2, 0.25) is 0 Å². The molecule has 0 bridgehead atoms. The van der Waals surface area contributed by atoms with Crippen molar-refractivity contribution in [3.05, 3.63) is 77.1 Å². The molecule has 0 saturated carbocycles. The molecule has 1 heterocycles. The Morgan fingerprint density at radius 1 is 1.08 bits per heavy atom. The maximum Gasteiger partial charge on any atom is 0.252 e. The van der Waals surface area contributed by atoms with E-state index in [-0.39, 0.29) is 11.5 Å². The highest BCUT2D eigenvalue weighted by Crippen LogP contribution is 2.22. The quantitative estimate of drug-likeness (QED) is 0.544. The summed E-state index contributed by atoms with van der Waals surface area (Å²) in [5.74, 6) is -0.149. The van der Waals surface area contributed by atoms with Gasteiger partial charge in [0.05, 0.1) is 10.9 Å². The smallest absolute Gasteiger partial charge is 0.252 e. The maximum absolute atomic E-state index is 12.3. The molecule has 0 saturated heterocycles. The van der Waals surface area contributed by atoms with Gasteiger partial charge in [0.25, 0.3) is 5.56 Å². The molecule has 126 valence electrons. The number of para-hydroxylation sites is 1. The second-order valence-corrected chi connectivity index (χ2v) is 6.75. The molecule has 3 aromatic rings. The third-order valence-electron chi connectivity index (χ3n) is 3.49. The lowest BCUT2D eigenvalue weighted by Gasteiger charge is -2.12. The SMILES string of the molecule is CC(Sc1nc(-c2ccccc2)cc(=O)[nH]1)C(=O)Nc1ccccc1. The average molecular weight is 351 g/mol. The Balaban J connectivity index is 1.75. The zero-order valence-electron chi connectivity index (χ0n) is 13.6. The van der Waals surface area contributed by atoms with Gasteiger partial charge in [-0.05, 0) is 19.1 Å². The molecule has 0 fully saturated rings. The molecule has 0 aliphatic rings. The number of H-pyrrole nitrogens is 1. The van der Waals surface area contributed by atoms with E-state index in [9.17, 15) is 9.59 Å². The number of thioether (sulfide) groups is 1. The van der Waals surface area contributed by atoms with Crippen LogP contribution in [-0.4, -0.2) is 21.1 Å². The summed E-state index contributed by atoms with van der Waals surface area (Å²) in [6.07, 6.45) is 0. The predicted molar refractivity (Wildman–Crippen MR) is 101 cm³/mol. The van der Waals surface area contributed by atoms with Crippen LogP contribution < -0.4 is 10.9 Å². The highest BCUT2D eigenvalue weighted by molar-refractivity contribution is 8.00. The minimum absolute atomic E-state index is 0.149. The normalized spacial score (nSPS) is 11.7. The lowest BCUT2D eigenvalue weighted by Crippen LogP contribution is -2.23. The number of hydrogen-bond acceptors (Lipinski definition) is 4. The first-order valence-corrected chi connectivity index (χ1v) is 8.69. The van der Waals surface area contributed by atoms with Crippen molar-refractivity contribution in [1.82, 2.24) is 9.97 Å². The van der Waals surface area contributed by atoms with Crippen molar-refractivity contribution in [2.75, 3.05) is 5.32 Å². The monoisotopic (exact) mass is 351 g/mol. The Hall–Kier alpha value is -2.86. The first-order valence-electron chi connectivity index (χ1n) is 7.81. The molecule has 25 heavy (non-hydrogen) atoms. The topological polar surface area (TPSA) is 74.8 Å². The Morgan fingerprint density at radius 2 is 1.72 bits per heavy atom. The van der Waals surface area contributed by atoms with Crippen molar-refractivity contribution in [3.8, 4) is 11.3 Å². The average Bonchev–Trinajstić information content (AvgIpc) is 2.63. The van der Waals surface area contributed by atoms with E-state index >= 15 is 0 Å². The number of aromatic amines is 1. The Labute approximate surface area is 149 Å². The van der Waals surface area contributed by atoms with Gasteiger partial charge < -0.3 is 10.3 Å². The summed E-state index contributed by atoms with van der Waals surface area (Å²) in [5.41, 5.74) is 1.94. The van der Waals surface area contributed by atoms with Gasteiger partial charge in [0.2, 0.25) is 5.91 Å². The van der Waals surface area contributed by atoms with Crippen molar-refractivity contribution in [3.63, 3.8) is 0 Å². The number of nitrogens with zero attached hydrogens (tertiary/aromatic N) is 1. The summed E-state index contributed by atoms with van der Waals surface area (Å²) in [4.78, 5) is 31.4. The molecule has 0 spiro atoms. The first kappa shape index (κ1) is 17.0. The van der Waals surface area contributed by atoms with E-state index in [1.54, 1.807) is 6.92 Å². The number of carbonyl (C=O) groups is 1. The highest BCUT2D eigenvalue weighted by atomic mass is 32.2. The fourth-order valence-electron chi connectivity index (χ4n) is 2.23. The van der Waals surface area contributed by atoms with Crippen molar-refractivity contribution in [2.24, 2.45) is 0 Å². The van der Waals surface area contributed by atoms with E-state index in [1.807, 2.05) is 60.7 Å². The molecular weight excluding hydrogens is 334 g/mol. The van der Waals surface area contributed by atoms with Crippen LogP contribution >= 0.6 is 11.8 Å². The lowest BCUT2D eigenvalue weighted by atomic mass is 10.1. The molecule has 6 heteroatoms. The standard InChI is InChI=1S/C19H17N3O2S/c1-13(18(24)20-15-10-6-3-7-11-15)25-19-21-16(12-17(23)22-19)14-8-4-2-5-9-14/h2-13H,1H3,(H,20,24)(H,21,22,23). The molecule has 1 amide bonds. The van der Waals surface area contributed by atoms with Gasteiger partial charge in [-0.25, -0.2) is 4.98 Å². The Kier molecular flexibility index (Phi) is 5.30.